The molecular weight excluding hydrogens is 482 g/mol. The maximum absolute atomic E-state index is 13.2. The highest BCUT2D eigenvalue weighted by atomic mass is 16.5. The minimum atomic E-state index is -0.478. The van der Waals surface area contributed by atoms with Crippen LogP contribution < -0.4 is 15.5 Å². The number of carbonyl (C=O) groups excluding carboxylic acids is 3. The highest BCUT2D eigenvalue weighted by Gasteiger charge is 2.29. The van der Waals surface area contributed by atoms with Crippen molar-refractivity contribution in [3.05, 3.63) is 83.7 Å². The molecule has 0 unspecified atom stereocenters. The molecule has 1 aliphatic heterocycles. The number of ether oxygens (including phenoxy) is 1. The number of amides is 2. The number of esters is 1. The molecule has 0 atom stereocenters. The van der Waals surface area contributed by atoms with E-state index in [1.165, 1.54) is 7.11 Å². The molecule has 0 aliphatic carbocycles. The van der Waals surface area contributed by atoms with Crippen LogP contribution >= 0.6 is 0 Å². The van der Waals surface area contributed by atoms with Gasteiger partial charge in [-0.1, -0.05) is 6.07 Å². The van der Waals surface area contributed by atoms with Gasteiger partial charge in [-0.15, -0.1) is 0 Å². The summed E-state index contributed by atoms with van der Waals surface area (Å²) in [6.07, 6.45) is 4.18. The summed E-state index contributed by atoms with van der Waals surface area (Å²) in [6.45, 7) is 3.07. The average Bonchev–Trinajstić information content (AvgIpc) is 3.24. The van der Waals surface area contributed by atoms with Crippen molar-refractivity contribution in [3.8, 4) is 0 Å². The van der Waals surface area contributed by atoms with Crippen molar-refractivity contribution >= 4 is 46.1 Å². The predicted octanol–water partition coefficient (Wildman–Crippen LogP) is 4.11. The summed E-state index contributed by atoms with van der Waals surface area (Å²) < 4.78 is 4.81. The van der Waals surface area contributed by atoms with Crippen molar-refractivity contribution in [1.82, 2.24) is 9.88 Å². The number of nitrogens with zero attached hydrogens (tertiary/aromatic N) is 3. The average molecular weight is 514 g/mol. The molecule has 1 aromatic heterocycles. The van der Waals surface area contributed by atoms with Crippen molar-refractivity contribution in [2.75, 3.05) is 49.8 Å². The molecule has 0 saturated carbocycles. The van der Waals surface area contributed by atoms with Crippen LogP contribution in [0.2, 0.25) is 0 Å². The molecule has 2 aromatic carbocycles. The lowest BCUT2D eigenvalue weighted by molar-refractivity contribution is -0.116. The summed E-state index contributed by atoms with van der Waals surface area (Å²) >= 11 is 0. The summed E-state index contributed by atoms with van der Waals surface area (Å²) in [5.41, 5.74) is 4.91. The van der Waals surface area contributed by atoms with Crippen LogP contribution in [0.4, 0.5) is 17.1 Å². The minimum absolute atomic E-state index is 0.0189. The monoisotopic (exact) mass is 513 g/mol. The van der Waals surface area contributed by atoms with Gasteiger partial charge in [0.1, 0.15) is 0 Å². The summed E-state index contributed by atoms with van der Waals surface area (Å²) in [5.74, 6) is -0.787. The normalized spacial score (nSPS) is 13.6. The molecule has 0 radical (unpaired) electrons. The molecule has 0 fully saturated rings. The second-order valence-corrected chi connectivity index (χ2v) is 9.19. The van der Waals surface area contributed by atoms with Crippen LogP contribution in [0.1, 0.15) is 34.8 Å². The van der Waals surface area contributed by atoms with E-state index in [-0.39, 0.29) is 11.8 Å². The number of rotatable bonds is 9. The Morgan fingerprint density at radius 3 is 2.32 bits per heavy atom. The molecule has 2 heterocycles. The molecule has 0 spiro atoms. The molecule has 196 valence electrons. The van der Waals surface area contributed by atoms with Crippen LogP contribution in [-0.2, 0) is 14.3 Å². The Balaban J connectivity index is 1.68. The number of fused-ring (bicyclic) bond motifs is 1. The lowest BCUT2D eigenvalue weighted by Gasteiger charge is -2.23. The fourth-order valence-corrected chi connectivity index (χ4v) is 4.35. The number of anilines is 3. The Morgan fingerprint density at radius 1 is 0.974 bits per heavy atom. The van der Waals surface area contributed by atoms with Crippen LogP contribution in [0.25, 0.3) is 11.3 Å². The third-order valence-corrected chi connectivity index (χ3v) is 6.22. The highest BCUT2D eigenvalue weighted by molar-refractivity contribution is 6.37. The van der Waals surface area contributed by atoms with E-state index in [4.69, 9.17) is 4.74 Å². The van der Waals surface area contributed by atoms with Gasteiger partial charge < -0.3 is 25.2 Å². The Bertz CT molecular complexity index is 1370. The third kappa shape index (κ3) is 5.90. The van der Waals surface area contributed by atoms with Gasteiger partial charge in [0.15, 0.2) is 0 Å². The number of nitrogens with one attached hydrogen (secondary N) is 2. The number of carbonyl (C=O) groups is 3. The zero-order valence-corrected chi connectivity index (χ0v) is 21.9. The molecule has 9 nitrogen and oxygen atoms in total. The number of hydrogen-bond acceptors (Lipinski definition) is 7. The number of pyridine rings is 1. The van der Waals surface area contributed by atoms with Gasteiger partial charge in [-0.05, 0) is 75.6 Å². The van der Waals surface area contributed by atoms with E-state index in [9.17, 15) is 14.4 Å². The Labute approximate surface area is 222 Å². The van der Waals surface area contributed by atoms with Crippen LogP contribution in [0.5, 0.6) is 0 Å². The second kappa shape index (κ2) is 11.7. The van der Waals surface area contributed by atoms with Gasteiger partial charge in [0.05, 0.1) is 29.6 Å². The van der Waals surface area contributed by atoms with Gasteiger partial charge in [-0.2, -0.15) is 0 Å². The van der Waals surface area contributed by atoms with Crippen LogP contribution in [0, 0.1) is 0 Å². The third-order valence-electron chi connectivity index (χ3n) is 6.22. The first kappa shape index (κ1) is 26.6. The maximum Gasteiger partial charge on any atom is 0.337 e. The Hall–Kier alpha value is -4.50. The lowest BCUT2D eigenvalue weighted by Crippen LogP contribution is -2.31. The van der Waals surface area contributed by atoms with Crippen LogP contribution in [-0.4, -0.2) is 62.0 Å². The van der Waals surface area contributed by atoms with E-state index in [2.05, 4.69) is 20.5 Å². The van der Waals surface area contributed by atoms with Crippen molar-refractivity contribution in [2.24, 2.45) is 0 Å². The SMILES string of the molecule is COC(=O)c1ccc2c(c1)NC(=O)/C2=C(\Nc1ccc(N(CCCN(C)C)C(C)=O)cc1)c1ccncc1. The molecule has 1 aliphatic rings. The first-order valence-corrected chi connectivity index (χ1v) is 12.3. The quantitative estimate of drug-likeness (QED) is 0.328. The topological polar surface area (TPSA) is 104 Å². The van der Waals surface area contributed by atoms with Gasteiger partial charge in [-0.25, -0.2) is 4.79 Å². The fourth-order valence-electron chi connectivity index (χ4n) is 4.35. The van der Waals surface area contributed by atoms with Gasteiger partial charge >= 0.3 is 5.97 Å². The zero-order chi connectivity index (χ0) is 27.2. The summed E-state index contributed by atoms with van der Waals surface area (Å²) in [6, 6.07) is 16.2. The van der Waals surface area contributed by atoms with Crippen molar-refractivity contribution in [2.45, 2.75) is 13.3 Å². The molecule has 4 rings (SSSR count). The number of hydrogen-bond donors (Lipinski definition) is 2. The van der Waals surface area contributed by atoms with E-state index in [0.717, 1.165) is 29.9 Å². The molecular formula is C29H31N5O4. The standard InChI is InChI=1S/C29H31N5O4/c1-19(35)34(17-5-16-33(2)3)23-9-7-22(8-10-23)31-27(20-12-14-30-15-13-20)26-24-11-6-21(29(37)38-4)18-25(24)32-28(26)36/h6-15,18,31H,5,16-17H2,1-4H3,(H,32,36)/b27-26-. The summed E-state index contributed by atoms with van der Waals surface area (Å²) in [4.78, 5) is 45.4. The van der Waals surface area contributed by atoms with E-state index >= 15 is 0 Å². The molecule has 2 amide bonds. The van der Waals surface area contributed by atoms with E-state index in [1.54, 1.807) is 42.4 Å². The zero-order valence-electron chi connectivity index (χ0n) is 21.9. The van der Waals surface area contributed by atoms with E-state index < -0.39 is 5.97 Å². The largest absolute Gasteiger partial charge is 0.465 e. The smallest absolute Gasteiger partial charge is 0.337 e. The maximum atomic E-state index is 13.2. The van der Waals surface area contributed by atoms with Crippen molar-refractivity contribution < 1.29 is 19.1 Å². The van der Waals surface area contributed by atoms with Crippen molar-refractivity contribution in [3.63, 3.8) is 0 Å². The van der Waals surface area contributed by atoms with Gasteiger partial charge in [0, 0.05) is 48.4 Å². The first-order valence-electron chi connectivity index (χ1n) is 12.3. The van der Waals surface area contributed by atoms with Gasteiger partial charge in [0.25, 0.3) is 5.91 Å². The van der Waals surface area contributed by atoms with E-state index in [1.807, 2.05) is 50.5 Å². The molecule has 0 saturated heterocycles. The fraction of sp³-hybridized carbons (Fsp3) is 0.241. The summed E-state index contributed by atoms with van der Waals surface area (Å²) in [7, 11) is 5.33. The van der Waals surface area contributed by atoms with Crippen LogP contribution in [0.3, 0.4) is 0 Å². The number of methoxy groups -OCH3 is 1. The molecule has 0 bridgehead atoms. The Kier molecular flexibility index (Phi) is 8.18. The minimum Gasteiger partial charge on any atom is -0.465 e. The lowest BCUT2D eigenvalue weighted by atomic mass is 9.99. The number of aromatic nitrogens is 1. The van der Waals surface area contributed by atoms with Crippen LogP contribution in [0.15, 0.2) is 67.0 Å². The second-order valence-electron chi connectivity index (χ2n) is 9.19. The molecule has 2 N–H and O–H groups in total. The first-order chi connectivity index (χ1) is 18.3. The predicted molar refractivity (Wildman–Crippen MR) is 149 cm³/mol. The molecule has 9 heteroatoms. The van der Waals surface area contributed by atoms with Gasteiger partial charge in [0.2, 0.25) is 5.91 Å². The molecule has 38 heavy (non-hydrogen) atoms. The van der Waals surface area contributed by atoms with Crippen molar-refractivity contribution in [1.29, 1.82) is 0 Å². The Morgan fingerprint density at radius 2 is 1.68 bits per heavy atom. The van der Waals surface area contributed by atoms with E-state index in [0.29, 0.717) is 34.6 Å². The number of benzene rings is 2. The molecule has 3 aromatic rings. The highest BCUT2D eigenvalue weighted by Crippen LogP contribution is 2.38. The summed E-state index contributed by atoms with van der Waals surface area (Å²) in [5, 5.41) is 6.26. The van der Waals surface area contributed by atoms with Gasteiger partial charge in [-0.3, -0.25) is 14.6 Å².